The lowest BCUT2D eigenvalue weighted by Crippen LogP contribution is -2.49. The summed E-state index contributed by atoms with van der Waals surface area (Å²) in [7, 11) is 0. The van der Waals surface area contributed by atoms with Crippen molar-refractivity contribution in [3.63, 3.8) is 0 Å². The number of hydrogen-bond acceptors (Lipinski definition) is 6. The van der Waals surface area contributed by atoms with Crippen LogP contribution >= 0.6 is 0 Å². The summed E-state index contributed by atoms with van der Waals surface area (Å²) in [5, 5.41) is 11.0. The molecular formula is C25H24O6. The highest BCUT2D eigenvalue weighted by atomic mass is 16.7. The number of Topliss-reactive ketones (excluding diaryl/α,β-unsaturated/α-hetero) is 2. The minimum absolute atomic E-state index is 0.0415. The normalized spacial score (nSPS) is 22.7. The molecule has 2 aromatic carbocycles. The van der Waals surface area contributed by atoms with Gasteiger partial charge in [-0.1, -0.05) is 62.4 Å². The molecule has 0 spiro atoms. The van der Waals surface area contributed by atoms with Gasteiger partial charge in [0.25, 0.3) is 0 Å². The molecule has 6 heteroatoms. The summed E-state index contributed by atoms with van der Waals surface area (Å²) in [6.07, 6.45) is -0.229. The van der Waals surface area contributed by atoms with Gasteiger partial charge in [-0.3, -0.25) is 9.59 Å². The second-order valence-corrected chi connectivity index (χ2v) is 8.13. The third kappa shape index (κ3) is 3.47. The van der Waals surface area contributed by atoms with E-state index < -0.39 is 23.5 Å². The average Bonchev–Trinajstić information content (AvgIpc) is 2.77. The van der Waals surface area contributed by atoms with Crippen LogP contribution < -0.4 is 0 Å². The molecule has 2 aromatic rings. The molecule has 0 fully saturated rings. The predicted molar refractivity (Wildman–Crippen MR) is 113 cm³/mol. The molecule has 1 N–H and O–H groups in total. The van der Waals surface area contributed by atoms with Gasteiger partial charge in [0.15, 0.2) is 11.5 Å². The zero-order valence-corrected chi connectivity index (χ0v) is 17.7. The number of carbonyl (C=O) groups is 3. The van der Waals surface area contributed by atoms with Gasteiger partial charge in [-0.15, -0.1) is 0 Å². The highest BCUT2D eigenvalue weighted by molar-refractivity contribution is 6.27. The number of benzene rings is 2. The van der Waals surface area contributed by atoms with Crippen molar-refractivity contribution in [1.29, 1.82) is 0 Å². The SMILES string of the molecule is CCOC(=O)C1(O)C[C@H](c2ccc(C(C)C)cc2)C2=C(O1)C(=O)c1ccccc1C2=O. The van der Waals surface area contributed by atoms with E-state index in [0.717, 1.165) is 5.56 Å². The number of ketones is 2. The van der Waals surface area contributed by atoms with Crippen LogP contribution in [0.25, 0.3) is 0 Å². The summed E-state index contributed by atoms with van der Waals surface area (Å²) >= 11 is 0. The number of esters is 1. The first-order valence-corrected chi connectivity index (χ1v) is 10.4. The van der Waals surface area contributed by atoms with Crippen LogP contribution in [0.1, 0.15) is 70.9 Å². The lowest BCUT2D eigenvalue weighted by molar-refractivity contribution is -0.220. The van der Waals surface area contributed by atoms with Crippen LogP contribution in [0.2, 0.25) is 0 Å². The zero-order valence-electron chi connectivity index (χ0n) is 17.7. The van der Waals surface area contributed by atoms with Crippen LogP contribution in [0.4, 0.5) is 0 Å². The van der Waals surface area contributed by atoms with Crippen molar-refractivity contribution in [2.24, 2.45) is 0 Å². The maximum Gasteiger partial charge on any atom is 0.379 e. The molecule has 1 aliphatic carbocycles. The Balaban J connectivity index is 1.87. The lowest BCUT2D eigenvalue weighted by atomic mass is 9.74. The van der Waals surface area contributed by atoms with Gasteiger partial charge >= 0.3 is 11.8 Å². The summed E-state index contributed by atoms with van der Waals surface area (Å²) in [4.78, 5) is 39.1. The maximum atomic E-state index is 13.4. The average molecular weight is 420 g/mol. The monoisotopic (exact) mass is 420 g/mol. The quantitative estimate of drug-likeness (QED) is 0.755. The number of fused-ring (bicyclic) bond motifs is 1. The summed E-state index contributed by atoms with van der Waals surface area (Å²) < 4.78 is 10.5. The van der Waals surface area contributed by atoms with Crippen LogP contribution in [0.15, 0.2) is 59.9 Å². The Bertz CT molecular complexity index is 1100. The van der Waals surface area contributed by atoms with Crippen molar-refractivity contribution in [3.05, 3.63) is 82.1 Å². The summed E-state index contributed by atoms with van der Waals surface area (Å²) in [6, 6.07) is 14.1. The first kappa shape index (κ1) is 21.0. The van der Waals surface area contributed by atoms with E-state index in [1.165, 1.54) is 6.07 Å². The van der Waals surface area contributed by atoms with Gasteiger partial charge in [-0.2, -0.15) is 0 Å². The van der Waals surface area contributed by atoms with Gasteiger partial charge in [0, 0.05) is 23.5 Å². The Labute approximate surface area is 180 Å². The van der Waals surface area contributed by atoms with E-state index >= 15 is 0 Å². The van der Waals surface area contributed by atoms with Crippen molar-refractivity contribution in [2.75, 3.05) is 6.61 Å². The molecule has 0 radical (unpaired) electrons. The predicted octanol–water partition coefficient (Wildman–Crippen LogP) is 3.90. The van der Waals surface area contributed by atoms with Gasteiger partial charge in [0.2, 0.25) is 5.78 Å². The molecule has 4 rings (SSSR count). The van der Waals surface area contributed by atoms with Gasteiger partial charge in [-0.25, -0.2) is 4.79 Å². The molecule has 0 saturated carbocycles. The topological polar surface area (TPSA) is 89.9 Å². The Morgan fingerprint density at radius 3 is 2.29 bits per heavy atom. The van der Waals surface area contributed by atoms with Crippen LogP contribution in [0, 0.1) is 0 Å². The second kappa shape index (κ2) is 7.78. The first-order chi connectivity index (χ1) is 14.8. The van der Waals surface area contributed by atoms with E-state index in [9.17, 15) is 19.5 Å². The molecule has 0 aromatic heterocycles. The Hall–Kier alpha value is -3.25. The van der Waals surface area contributed by atoms with Crippen LogP contribution in [-0.2, 0) is 14.3 Å². The van der Waals surface area contributed by atoms with Crippen molar-refractivity contribution < 1.29 is 29.0 Å². The lowest BCUT2D eigenvalue weighted by Gasteiger charge is -2.39. The number of rotatable bonds is 4. The van der Waals surface area contributed by atoms with Crippen molar-refractivity contribution in [1.82, 2.24) is 0 Å². The Morgan fingerprint density at radius 2 is 1.71 bits per heavy atom. The first-order valence-electron chi connectivity index (χ1n) is 10.4. The van der Waals surface area contributed by atoms with Crippen LogP contribution in [0.5, 0.6) is 0 Å². The van der Waals surface area contributed by atoms with Gasteiger partial charge in [0.1, 0.15) is 0 Å². The maximum absolute atomic E-state index is 13.4. The largest absolute Gasteiger partial charge is 0.461 e. The standard InChI is InChI=1S/C25H24O6/c1-4-30-24(28)25(29)13-19(16-11-9-15(10-12-16)14(2)3)20-21(26)17-7-5-6-8-18(17)22(27)23(20)31-25/h5-12,14,19,29H,4,13H2,1-3H3/t19-,25?/m1/s1. The van der Waals surface area contributed by atoms with E-state index in [1.54, 1.807) is 25.1 Å². The van der Waals surface area contributed by atoms with E-state index in [1.807, 2.05) is 24.3 Å². The minimum Gasteiger partial charge on any atom is -0.461 e. The smallest absolute Gasteiger partial charge is 0.379 e. The molecule has 0 bridgehead atoms. The molecule has 1 heterocycles. The number of allylic oxidation sites excluding steroid dienone is 2. The molecule has 6 nitrogen and oxygen atoms in total. The minimum atomic E-state index is -2.36. The van der Waals surface area contributed by atoms with Crippen LogP contribution in [-0.4, -0.2) is 35.0 Å². The fraction of sp³-hybridized carbons (Fsp3) is 0.320. The fourth-order valence-electron chi connectivity index (χ4n) is 4.15. The van der Waals surface area contributed by atoms with E-state index in [4.69, 9.17) is 9.47 Å². The van der Waals surface area contributed by atoms with Crippen LogP contribution in [0.3, 0.4) is 0 Å². The third-order valence-electron chi connectivity index (χ3n) is 5.81. The number of aliphatic hydroxyl groups is 1. The molecule has 160 valence electrons. The molecule has 0 amide bonds. The molecule has 2 aliphatic rings. The molecule has 1 aliphatic heterocycles. The van der Waals surface area contributed by atoms with Gasteiger partial charge in [0.05, 0.1) is 12.2 Å². The Morgan fingerprint density at radius 1 is 1.10 bits per heavy atom. The van der Waals surface area contributed by atoms with Crippen molar-refractivity contribution in [3.8, 4) is 0 Å². The second-order valence-electron chi connectivity index (χ2n) is 8.13. The molecular weight excluding hydrogens is 396 g/mol. The molecule has 31 heavy (non-hydrogen) atoms. The Kier molecular flexibility index (Phi) is 5.27. The summed E-state index contributed by atoms with van der Waals surface area (Å²) in [6.45, 7) is 5.80. The van der Waals surface area contributed by atoms with Gasteiger partial charge < -0.3 is 14.6 Å². The van der Waals surface area contributed by atoms with E-state index in [0.29, 0.717) is 17.0 Å². The number of ether oxygens (including phenoxy) is 2. The number of hydrogen-bond donors (Lipinski definition) is 1. The molecule has 2 atom stereocenters. The van der Waals surface area contributed by atoms with Crippen molar-refractivity contribution >= 4 is 17.5 Å². The van der Waals surface area contributed by atoms with E-state index in [2.05, 4.69) is 13.8 Å². The molecule has 1 unspecified atom stereocenters. The molecule has 0 saturated heterocycles. The highest BCUT2D eigenvalue weighted by Crippen LogP contribution is 2.46. The summed E-state index contributed by atoms with van der Waals surface area (Å²) in [5.41, 5.74) is 2.47. The highest BCUT2D eigenvalue weighted by Gasteiger charge is 2.53. The number of carbonyl (C=O) groups excluding carboxylic acids is 3. The zero-order chi connectivity index (χ0) is 22.3. The van der Waals surface area contributed by atoms with Gasteiger partial charge in [-0.05, 0) is 24.0 Å². The van der Waals surface area contributed by atoms with Crippen molar-refractivity contribution in [2.45, 2.75) is 44.8 Å². The van der Waals surface area contributed by atoms with E-state index in [-0.39, 0.29) is 35.7 Å². The summed E-state index contributed by atoms with van der Waals surface area (Å²) in [5.74, 6) is -4.89. The third-order valence-corrected chi connectivity index (χ3v) is 5.81. The fourth-order valence-corrected chi connectivity index (χ4v) is 4.15.